The Bertz CT molecular complexity index is 759. The highest BCUT2D eigenvalue weighted by molar-refractivity contribution is 7.92. The zero-order chi connectivity index (χ0) is 17.4. The molecule has 132 valence electrons. The first-order chi connectivity index (χ1) is 11.3. The quantitative estimate of drug-likeness (QED) is 0.631. The van der Waals surface area contributed by atoms with Crippen LogP contribution >= 0.6 is 0 Å². The van der Waals surface area contributed by atoms with E-state index < -0.39 is 14.6 Å². The fourth-order valence-corrected chi connectivity index (χ4v) is 4.25. The minimum Gasteiger partial charge on any atom is -0.454 e. The van der Waals surface area contributed by atoms with Crippen LogP contribution in [0.4, 0.5) is 0 Å². The lowest BCUT2D eigenvalue weighted by Gasteiger charge is -2.39. The minimum absolute atomic E-state index is 0.144. The van der Waals surface area contributed by atoms with Crippen molar-refractivity contribution in [1.29, 1.82) is 0 Å². The summed E-state index contributed by atoms with van der Waals surface area (Å²) in [7, 11) is -1.36. The Balaban J connectivity index is 1.66. The maximum atomic E-state index is 12.1. The van der Waals surface area contributed by atoms with Crippen molar-refractivity contribution < 1.29 is 17.9 Å². The second-order valence-electron chi connectivity index (χ2n) is 6.59. The normalized spacial score (nSPS) is 21.6. The molecule has 0 aliphatic carbocycles. The van der Waals surface area contributed by atoms with Gasteiger partial charge in [0, 0.05) is 26.7 Å². The fourth-order valence-electron chi connectivity index (χ4n) is 2.89. The van der Waals surface area contributed by atoms with Crippen molar-refractivity contribution in [3.8, 4) is 11.5 Å². The molecule has 2 heterocycles. The van der Waals surface area contributed by atoms with Crippen molar-refractivity contribution in [2.24, 2.45) is 4.99 Å². The highest BCUT2D eigenvalue weighted by Gasteiger charge is 2.40. The molecule has 1 aromatic carbocycles. The number of fused-ring (bicyclic) bond motifs is 1. The Kier molecular flexibility index (Phi) is 4.33. The molecule has 1 aromatic rings. The summed E-state index contributed by atoms with van der Waals surface area (Å²) < 4.78 is 34.2. The lowest BCUT2D eigenvalue weighted by Crippen LogP contribution is -2.57. The number of aliphatic imine (C=N–C) groups is 1. The number of rotatable bonds is 2. The molecule has 2 aliphatic heterocycles. The molecule has 8 heteroatoms. The smallest absolute Gasteiger partial charge is 0.231 e. The van der Waals surface area contributed by atoms with Gasteiger partial charge in [0.05, 0.1) is 10.5 Å². The van der Waals surface area contributed by atoms with Gasteiger partial charge in [-0.15, -0.1) is 0 Å². The third-order valence-corrected chi connectivity index (χ3v) is 6.98. The molecular formula is C16H23N3O4S. The van der Waals surface area contributed by atoms with Gasteiger partial charge in [-0.05, 0) is 31.5 Å². The Morgan fingerprint density at radius 3 is 2.79 bits per heavy atom. The highest BCUT2D eigenvalue weighted by Crippen LogP contribution is 2.32. The summed E-state index contributed by atoms with van der Waals surface area (Å²) >= 11 is 0. The molecule has 0 saturated carbocycles. The van der Waals surface area contributed by atoms with Gasteiger partial charge >= 0.3 is 0 Å². The summed E-state index contributed by atoms with van der Waals surface area (Å²) in [5, 5.41) is 3.30. The molecule has 7 nitrogen and oxygen atoms in total. The molecule has 0 aromatic heterocycles. The molecule has 24 heavy (non-hydrogen) atoms. The van der Waals surface area contributed by atoms with E-state index in [1.165, 1.54) is 0 Å². The molecule has 0 unspecified atom stereocenters. The van der Waals surface area contributed by atoms with Crippen LogP contribution in [0.2, 0.25) is 0 Å². The lowest BCUT2D eigenvalue weighted by molar-refractivity contribution is 0.174. The number of hydrogen-bond donors (Lipinski definition) is 1. The Labute approximate surface area is 142 Å². The van der Waals surface area contributed by atoms with Gasteiger partial charge in [-0.2, -0.15) is 0 Å². The lowest BCUT2D eigenvalue weighted by atomic mass is 10.2. The summed E-state index contributed by atoms with van der Waals surface area (Å²) in [4.78, 5) is 6.29. The summed E-state index contributed by atoms with van der Waals surface area (Å²) in [5.74, 6) is 2.35. The molecule has 0 radical (unpaired) electrons. The van der Waals surface area contributed by atoms with Crippen LogP contribution < -0.4 is 14.8 Å². The maximum Gasteiger partial charge on any atom is 0.231 e. The molecule has 2 aliphatic rings. The Morgan fingerprint density at radius 2 is 2.08 bits per heavy atom. The van der Waals surface area contributed by atoms with Gasteiger partial charge in [0.15, 0.2) is 27.3 Å². The van der Waals surface area contributed by atoms with E-state index >= 15 is 0 Å². The summed E-state index contributed by atoms with van der Waals surface area (Å²) in [6, 6.07) is 5.80. The van der Waals surface area contributed by atoms with Gasteiger partial charge in [0.25, 0.3) is 0 Å². The van der Waals surface area contributed by atoms with Crippen LogP contribution in [-0.2, 0) is 16.4 Å². The van der Waals surface area contributed by atoms with Gasteiger partial charge in [-0.3, -0.25) is 4.99 Å². The van der Waals surface area contributed by atoms with Gasteiger partial charge < -0.3 is 19.7 Å². The fraction of sp³-hybridized carbons (Fsp3) is 0.562. The molecule has 1 fully saturated rings. The second kappa shape index (κ2) is 6.16. The Hall–Kier alpha value is -1.96. The minimum atomic E-state index is -3.06. The van der Waals surface area contributed by atoms with Crippen molar-refractivity contribution in [1.82, 2.24) is 10.2 Å². The van der Waals surface area contributed by atoms with Crippen molar-refractivity contribution in [3.05, 3.63) is 23.8 Å². The topological polar surface area (TPSA) is 80.2 Å². The second-order valence-corrected chi connectivity index (χ2v) is 9.33. The predicted molar refractivity (Wildman–Crippen MR) is 92.2 cm³/mol. The van der Waals surface area contributed by atoms with Crippen molar-refractivity contribution in [2.45, 2.75) is 25.1 Å². The molecule has 0 atom stereocenters. The van der Waals surface area contributed by atoms with Gasteiger partial charge in [0.1, 0.15) is 0 Å². The van der Waals surface area contributed by atoms with E-state index in [4.69, 9.17) is 9.47 Å². The monoisotopic (exact) mass is 353 g/mol. The number of nitrogens with zero attached hydrogens (tertiary/aromatic N) is 2. The SMILES string of the molecule is CN=C(NCc1ccc2c(c1)OCO2)N1CCS(=O)(=O)C(C)(C)C1. The van der Waals surface area contributed by atoms with Crippen LogP contribution in [-0.4, -0.2) is 56.7 Å². The van der Waals surface area contributed by atoms with Crippen LogP contribution in [0, 0.1) is 0 Å². The maximum absolute atomic E-state index is 12.1. The van der Waals surface area contributed by atoms with Crippen molar-refractivity contribution >= 4 is 15.8 Å². The highest BCUT2D eigenvalue weighted by atomic mass is 32.2. The molecular weight excluding hydrogens is 330 g/mol. The van der Waals surface area contributed by atoms with Crippen LogP contribution in [0.15, 0.2) is 23.2 Å². The average molecular weight is 353 g/mol. The van der Waals surface area contributed by atoms with Crippen LogP contribution in [0.3, 0.4) is 0 Å². The summed E-state index contributed by atoms with van der Waals surface area (Å²) in [5.41, 5.74) is 1.05. The van der Waals surface area contributed by atoms with E-state index in [1.54, 1.807) is 20.9 Å². The van der Waals surface area contributed by atoms with Crippen LogP contribution in [0.25, 0.3) is 0 Å². The molecule has 0 amide bonds. The van der Waals surface area contributed by atoms with E-state index in [0.29, 0.717) is 25.6 Å². The first kappa shape index (κ1) is 16.9. The third kappa shape index (κ3) is 3.15. The number of ether oxygens (including phenoxy) is 2. The molecule has 0 spiro atoms. The summed E-state index contributed by atoms with van der Waals surface area (Å²) in [6.45, 7) is 5.24. The van der Waals surface area contributed by atoms with Crippen molar-refractivity contribution in [2.75, 3.05) is 32.7 Å². The van der Waals surface area contributed by atoms with E-state index in [0.717, 1.165) is 17.1 Å². The van der Waals surface area contributed by atoms with Gasteiger partial charge in [-0.25, -0.2) is 8.42 Å². The largest absolute Gasteiger partial charge is 0.454 e. The first-order valence-corrected chi connectivity index (χ1v) is 9.54. The van der Waals surface area contributed by atoms with Gasteiger partial charge in [-0.1, -0.05) is 6.07 Å². The van der Waals surface area contributed by atoms with Crippen LogP contribution in [0.5, 0.6) is 11.5 Å². The van der Waals surface area contributed by atoms with Crippen LogP contribution in [0.1, 0.15) is 19.4 Å². The van der Waals surface area contributed by atoms with E-state index in [9.17, 15) is 8.42 Å². The standard InChI is InChI=1S/C16H23N3O4S/c1-16(2)10-19(6-7-24(16,20)21)15(17-3)18-9-12-4-5-13-14(8-12)23-11-22-13/h4-5,8H,6-7,9-11H2,1-3H3,(H,17,18). The van der Waals surface area contributed by atoms with Crippen molar-refractivity contribution in [3.63, 3.8) is 0 Å². The number of nitrogens with one attached hydrogen (secondary N) is 1. The van der Waals surface area contributed by atoms with E-state index in [2.05, 4.69) is 10.3 Å². The average Bonchev–Trinajstić information content (AvgIpc) is 2.99. The number of hydrogen-bond acceptors (Lipinski definition) is 5. The number of guanidine groups is 1. The summed E-state index contributed by atoms with van der Waals surface area (Å²) in [6.07, 6.45) is 0. The Morgan fingerprint density at radius 1 is 1.33 bits per heavy atom. The number of benzene rings is 1. The molecule has 3 rings (SSSR count). The number of sulfone groups is 1. The molecule has 1 N–H and O–H groups in total. The molecule has 1 saturated heterocycles. The molecule has 0 bridgehead atoms. The zero-order valence-electron chi connectivity index (χ0n) is 14.2. The zero-order valence-corrected chi connectivity index (χ0v) is 15.0. The first-order valence-electron chi connectivity index (χ1n) is 7.89. The van der Waals surface area contributed by atoms with E-state index in [-0.39, 0.29) is 12.5 Å². The van der Waals surface area contributed by atoms with Gasteiger partial charge in [0.2, 0.25) is 6.79 Å². The van der Waals surface area contributed by atoms with E-state index in [1.807, 2.05) is 23.1 Å². The predicted octanol–water partition coefficient (Wildman–Crippen LogP) is 1.000. The third-order valence-electron chi connectivity index (χ3n) is 4.44.